The Kier molecular flexibility index (Phi) is 3.32. The molecule has 0 amide bonds. The smallest absolute Gasteiger partial charge is 0.121 e. The van der Waals surface area contributed by atoms with Crippen LogP contribution in [0.2, 0.25) is 5.02 Å². The molecule has 0 heterocycles. The van der Waals surface area contributed by atoms with Crippen molar-refractivity contribution in [1.82, 2.24) is 0 Å². The Morgan fingerprint density at radius 2 is 1.81 bits per heavy atom. The third-order valence-corrected chi connectivity index (χ3v) is 2.56. The summed E-state index contributed by atoms with van der Waals surface area (Å²) in [5.74, 6) is 0.780. The summed E-state index contributed by atoms with van der Waals surface area (Å²) < 4.78 is 5.15. The van der Waals surface area contributed by atoms with Gasteiger partial charge in [0.15, 0.2) is 0 Å². The third-order valence-electron chi connectivity index (χ3n) is 2.23. The monoisotopic (exact) mass is 233 g/mol. The van der Waals surface area contributed by atoms with Crippen molar-refractivity contribution >= 4 is 23.0 Å². The minimum absolute atomic E-state index is 0.671. The Hall–Kier alpha value is -1.67. The standard InChI is InChI=1S/C13H12ClNO/c1-16-11-7-8-12(14)13(9-11)15-10-5-3-2-4-6-10/h2-9,15H,1H3. The van der Waals surface area contributed by atoms with Crippen LogP contribution in [-0.4, -0.2) is 7.11 Å². The predicted molar refractivity (Wildman–Crippen MR) is 67.7 cm³/mol. The Balaban J connectivity index is 2.27. The van der Waals surface area contributed by atoms with E-state index in [1.165, 1.54) is 0 Å². The molecule has 0 spiro atoms. The highest BCUT2D eigenvalue weighted by Gasteiger charge is 2.02. The molecule has 2 aromatic rings. The van der Waals surface area contributed by atoms with Crippen LogP contribution in [0.25, 0.3) is 0 Å². The molecule has 0 fully saturated rings. The van der Waals surface area contributed by atoms with E-state index in [0.717, 1.165) is 17.1 Å². The molecule has 0 radical (unpaired) electrons. The maximum atomic E-state index is 6.09. The van der Waals surface area contributed by atoms with Gasteiger partial charge in [0.05, 0.1) is 17.8 Å². The van der Waals surface area contributed by atoms with Gasteiger partial charge in [-0.15, -0.1) is 0 Å². The van der Waals surface area contributed by atoms with E-state index in [1.807, 2.05) is 48.5 Å². The average Bonchev–Trinajstić information content (AvgIpc) is 2.33. The molecule has 0 aromatic heterocycles. The number of para-hydroxylation sites is 1. The largest absolute Gasteiger partial charge is 0.497 e. The van der Waals surface area contributed by atoms with Crippen LogP contribution in [0, 0.1) is 0 Å². The quantitative estimate of drug-likeness (QED) is 0.862. The van der Waals surface area contributed by atoms with Crippen molar-refractivity contribution < 1.29 is 4.74 Å². The van der Waals surface area contributed by atoms with Crippen molar-refractivity contribution in [3.8, 4) is 5.75 Å². The van der Waals surface area contributed by atoms with Gasteiger partial charge in [-0.3, -0.25) is 0 Å². The maximum absolute atomic E-state index is 6.09. The number of benzene rings is 2. The second-order valence-electron chi connectivity index (χ2n) is 3.34. The molecule has 2 nitrogen and oxygen atoms in total. The molecular formula is C13H12ClNO. The zero-order valence-corrected chi connectivity index (χ0v) is 9.66. The molecular weight excluding hydrogens is 222 g/mol. The fourth-order valence-electron chi connectivity index (χ4n) is 1.40. The highest BCUT2D eigenvalue weighted by atomic mass is 35.5. The Bertz CT molecular complexity index is 471. The first-order chi connectivity index (χ1) is 7.79. The molecule has 0 atom stereocenters. The van der Waals surface area contributed by atoms with E-state index in [-0.39, 0.29) is 0 Å². The normalized spacial score (nSPS) is 9.88. The lowest BCUT2D eigenvalue weighted by molar-refractivity contribution is 0.415. The first-order valence-electron chi connectivity index (χ1n) is 4.95. The van der Waals surface area contributed by atoms with Crippen molar-refractivity contribution in [2.24, 2.45) is 0 Å². The third kappa shape index (κ3) is 2.47. The number of methoxy groups -OCH3 is 1. The summed E-state index contributed by atoms with van der Waals surface area (Å²) in [6, 6.07) is 15.4. The van der Waals surface area contributed by atoms with Gasteiger partial charge in [-0.05, 0) is 24.3 Å². The maximum Gasteiger partial charge on any atom is 0.121 e. The molecule has 3 heteroatoms. The van der Waals surface area contributed by atoms with Crippen LogP contribution in [0.4, 0.5) is 11.4 Å². The van der Waals surface area contributed by atoms with E-state index in [1.54, 1.807) is 7.11 Å². The Morgan fingerprint density at radius 1 is 1.06 bits per heavy atom. The number of halogens is 1. The van der Waals surface area contributed by atoms with Gasteiger partial charge in [0, 0.05) is 11.8 Å². The van der Waals surface area contributed by atoms with E-state index in [0.29, 0.717) is 5.02 Å². The molecule has 0 saturated heterocycles. The van der Waals surface area contributed by atoms with Crippen LogP contribution in [0.5, 0.6) is 5.75 Å². The number of anilines is 2. The SMILES string of the molecule is COc1ccc(Cl)c(Nc2ccccc2)c1. The van der Waals surface area contributed by atoms with E-state index >= 15 is 0 Å². The molecule has 2 rings (SSSR count). The van der Waals surface area contributed by atoms with Crippen molar-refractivity contribution in [1.29, 1.82) is 0 Å². The van der Waals surface area contributed by atoms with Crippen molar-refractivity contribution in [3.05, 3.63) is 53.6 Å². The molecule has 2 aromatic carbocycles. The van der Waals surface area contributed by atoms with Crippen LogP contribution in [-0.2, 0) is 0 Å². The fraction of sp³-hybridized carbons (Fsp3) is 0.0769. The lowest BCUT2D eigenvalue weighted by atomic mass is 10.2. The molecule has 1 N–H and O–H groups in total. The summed E-state index contributed by atoms with van der Waals surface area (Å²) in [4.78, 5) is 0. The van der Waals surface area contributed by atoms with E-state index in [9.17, 15) is 0 Å². The van der Waals surface area contributed by atoms with Crippen LogP contribution in [0.1, 0.15) is 0 Å². The van der Waals surface area contributed by atoms with Gasteiger partial charge in [-0.1, -0.05) is 29.8 Å². The van der Waals surface area contributed by atoms with Crippen LogP contribution in [0.3, 0.4) is 0 Å². The Morgan fingerprint density at radius 3 is 2.50 bits per heavy atom. The van der Waals surface area contributed by atoms with Gasteiger partial charge in [0.25, 0.3) is 0 Å². The first-order valence-corrected chi connectivity index (χ1v) is 5.33. The zero-order chi connectivity index (χ0) is 11.4. The van der Waals surface area contributed by atoms with Crippen LogP contribution >= 0.6 is 11.6 Å². The van der Waals surface area contributed by atoms with Gasteiger partial charge in [0.1, 0.15) is 5.75 Å². The van der Waals surface area contributed by atoms with Crippen LogP contribution < -0.4 is 10.1 Å². The topological polar surface area (TPSA) is 21.3 Å². The van der Waals surface area contributed by atoms with Gasteiger partial charge in [0.2, 0.25) is 0 Å². The van der Waals surface area contributed by atoms with Gasteiger partial charge in [-0.2, -0.15) is 0 Å². The lowest BCUT2D eigenvalue weighted by Crippen LogP contribution is -1.92. The van der Waals surface area contributed by atoms with Crippen molar-refractivity contribution in [2.45, 2.75) is 0 Å². The number of ether oxygens (including phenoxy) is 1. The second-order valence-corrected chi connectivity index (χ2v) is 3.74. The number of rotatable bonds is 3. The summed E-state index contributed by atoms with van der Waals surface area (Å²) in [6.07, 6.45) is 0. The second kappa shape index (κ2) is 4.90. The summed E-state index contributed by atoms with van der Waals surface area (Å²) in [5.41, 5.74) is 1.84. The minimum Gasteiger partial charge on any atom is -0.497 e. The first kappa shape index (κ1) is 10.8. The fourth-order valence-corrected chi connectivity index (χ4v) is 1.57. The summed E-state index contributed by atoms with van der Waals surface area (Å²) in [7, 11) is 1.63. The van der Waals surface area contributed by atoms with E-state index in [4.69, 9.17) is 16.3 Å². The molecule has 0 bridgehead atoms. The molecule has 0 aliphatic carbocycles. The number of nitrogens with one attached hydrogen (secondary N) is 1. The molecule has 0 unspecified atom stereocenters. The van der Waals surface area contributed by atoms with Crippen molar-refractivity contribution in [3.63, 3.8) is 0 Å². The molecule has 0 aliphatic heterocycles. The predicted octanol–water partition coefficient (Wildman–Crippen LogP) is 4.09. The minimum atomic E-state index is 0.671. The molecule has 0 aliphatic rings. The highest BCUT2D eigenvalue weighted by molar-refractivity contribution is 6.33. The zero-order valence-electron chi connectivity index (χ0n) is 8.91. The number of hydrogen-bond donors (Lipinski definition) is 1. The molecule has 0 saturated carbocycles. The van der Waals surface area contributed by atoms with Gasteiger partial charge >= 0.3 is 0 Å². The average molecular weight is 234 g/mol. The van der Waals surface area contributed by atoms with Gasteiger partial charge in [-0.25, -0.2) is 0 Å². The van der Waals surface area contributed by atoms with Crippen molar-refractivity contribution in [2.75, 3.05) is 12.4 Å². The van der Waals surface area contributed by atoms with Gasteiger partial charge < -0.3 is 10.1 Å². The Labute approximate surface area is 99.8 Å². The summed E-state index contributed by atoms with van der Waals surface area (Å²) >= 11 is 6.09. The van der Waals surface area contributed by atoms with E-state index < -0.39 is 0 Å². The lowest BCUT2D eigenvalue weighted by Gasteiger charge is -2.09. The summed E-state index contributed by atoms with van der Waals surface area (Å²) in [5, 5.41) is 3.91. The highest BCUT2D eigenvalue weighted by Crippen LogP contribution is 2.29. The molecule has 16 heavy (non-hydrogen) atoms. The molecule has 82 valence electrons. The van der Waals surface area contributed by atoms with Crippen LogP contribution in [0.15, 0.2) is 48.5 Å². The number of hydrogen-bond acceptors (Lipinski definition) is 2. The van der Waals surface area contributed by atoms with E-state index in [2.05, 4.69) is 5.32 Å². The summed E-state index contributed by atoms with van der Waals surface area (Å²) in [6.45, 7) is 0.